The molecule has 0 spiro atoms. The fraction of sp³-hybridized carbons (Fsp3) is 0.429. The molecule has 1 unspecified atom stereocenters. The minimum Gasteiger partial charge on any atom is -0.294 e. The Hall–Kier alpha value is -1.62. The zero-order valence-electron chi connectivity index (χ0n) is 9.71. The zero-order valence-corrected chi connectivity index (χ0v) is 9.71. The van der Waals surface area contributed by atoms with Gasteiger partial charge in [0, 0.05) is 17.4 Å². The number of carbonyl (C=O) groups is 1. The molecule has 2 nitrogen and oxygen atoms in total. The van der Waals surface area contributed by atoms with E-state index in [1.807, 2.05) is 32.0 Å². The number of carbonyl (C=O) groups excluding carboxylic acids is 1. The zero-order chi connectivity index (χ0) is 11.8. The van der Waals surface area contributed by atoms with Crippen molar-refractivity contribution < 1.29 is 4.79 Å². The van der Waals surface area contributed by atoms with Crippen molar-refractivity contribution in [2.75, 3.05) is 0 Å². The second kappa shape index (κ2) is 3.75. The third-order valence-corrected chi connectivity index (χ3v) is 3.43. The highest BCUT2D eigenvalue weighted by atomic mass is 16.1. The Bertz CT molecular complexity index is 484. The van der Waals surface area contributed by atoms with Crippen molar-refractivity contribution in [1.82, 2.24) is 0 Å². The lowest BCUT2D eigenvalue weighted by molar-refractivity contribution is 0.0832. The van der Waals surface area contributed by atoms with E-state index in [1.54, 1.807) is 0 Å². The molecule has 0 fully saturated rings. The van der Waals surface area contributed by atoms with Crippen LogP contribution in [0.1, 0.15) is 41.3 Å². The number of aryl methyl sites for hydroxylation is 1. The van der Waals surface area contributed by atoms with E-state index in [0.717, 1.165) is 23.1 Å². The fourth-order valence-electron chi connectivity index (χ4n) is 2.42. The minimum atomic E-state index is -0.355. The summed E-state index contributed by atoms with van der Waals surface area (Å²) in [5.41, 5.74) is 2.76. The molecule has 0 heterocycles. The standard InChI is InChI=1S/C14H15NO/c1-10-4-5-11-9-14(2,6-3-7-15)13(16)12(11)8-10/h4-5,8H,3,6,9H2,1-2H3. The maximum absolute atomic E-state index is 12.3. The van der Waals surface area contributed by atoms with Crippen molar-refractivity contribution in [3.8, 4) is 6.07 Å². The average molecular weight is 213 g/mol. The number of benzene rings is 1. The Morgan fingerprint density at radius 3 is 2.94 bits per heavy atom. The van der Waals surface area contributed by atoms with Crippen molar-refractivity contribution >= 4 is 5.78 Å². The largest absolute Gasteiger partial charge is 0.294 e. The highest BCUT2D eigenvalue weighted by molar-refractivity contribution is 6.04. The van der Waals surface area contributed by atoms with Gasteiger partial charge in [0.2, 0.25) is 0 Å². The molecule has 0 N–H and O–H groups in total. The summed E-state index contributed by atoms with van der Waals surface area (Å²) in [7, 11) is 0. The van der Waals surface area contributed by atoms with Crippen LogP contribution in [-0.2, 0) is 6.42 Å². The molecule has 1 aromatic carbocycles. The van der Waals surface area contributed by atoms with Gasteiger partial charge in [-0.15, -0.1) is 0 Å². The topological polar surface area (TPSA) is 40.9 Å². The molecule has 1 aromatic rings. The smallest absolute Gasteiger partial charge is 0.169 e. The van der Waals surface area contributed by atoms with Gasteiger partial charge in [0.15, 0.2) is 5.78 Å². The van der Waals surface area contributed by atoms with Gasteiger partial charge in [0.05, 0.1) is 6.07 Å². The number of hydrogen-bond acceptors (Lipinski definition) is 2. The lowest BCUT2D eigenvalue weighted by Gasteiger charge is -2.19. The van der Waals surface area contributed by atoms with Crippen molar-refractivity contribution in [3.63, 3.8) is 0 Å². The quantitative estimate of drug-likeness (QED) is 0.757. The molecule has 0 aromatic heterocycles. The summed E-state index contributed by atoms with van der Waals surface area (Å²) in [5, 5.41) is 8.63. The van der Waals surface area contributed by atoms with Crippen LogP contribution in [0.25, 0.3) is 0 Å². The summed E-state index contributed by atoms with van der Waals surface area (Å²) in [5.74, 6) is 0.210. The highest BCUT2D eigenvalue weighted by Gasteiger charge is 2.40. The molecular weight excluding hydrogens is 198 g/mol. The summed E-state index contributed by atoms with van der Waals surface area (Å²) >= 11 is 0. The van der Waals surface area contributed by atoms with Gasteiger partial charge < -0.3 is 0 Å². The number of fused-ring (bicyclic) bond motifs is 1. The Morgan fingerprint density at radius 1 is 1.50 bits per heavy atom. The van der Waals surface area contributed by atoms with Crippen LogP contribution >= 0.6 is 0 Å². The molecule has 2 rings (SSSR count). The molecule has 0 saturated heterocycles. The summed E-state index contributed by atoms with van der Waals surface area (Å²) in [6.45, 7) is 3.97. The number of ketones is 1. The summed E-state index contributed by atoms with van der Waals surface area (Å²) in [6, 6.07) is 8.18. The van der Waals surface area contributed by atoms with Crippen molar-refractivity contribution in [3.05, 3.63) is 34.9 Å². The molecule has 1 atom stereocenters. The summed E-state index contributed by atoms with van der Waals surface area (Å²) in [4.78, 5) is 12.3. The molecule has 0 aliphatic heterocycles. The van der Waals surface area contributed by atoms with Crippen molar-refractivity contribution in [2.45, 2.75) is 33.1 Å². The van der Waals surface area contributed by atoms with Crippen molar-refractivity contribution in [2.24, 2.45) is 5.41 Å². The number of Topliss-reactive ketones (excluding diaryl/α,β-unsaturated/α-hetero) is 1. The third-order valence-electron chi connectivity index (χ3n) is 3.43. The van der Waals surface area contributed by atoms with Gasteiger partial charge >= 0.3 is 0 Å². The molecule has 82 valence electrons. The fourth-order valence-corrected chi connectivity index (χ4v) is 2.42. The van der Waals surface area contributed by atoms with E-state index in [-0.39, 0.29) is 11.2 Å². The number of nitriles is 1. The first kappa shape index (κ1) is 10.9. The number of nitrogens with zero attached hydrogens (tertiary/aromatic N) is 1. The van der Waals surface area contributed by atoms with Crippen molar-refractivity contribution in [1.29, 1.82) is 5.26 Å². The van der Waals surface area contributed by atoms with Crippen LogP contribution in [-0.4, -0.2) is 5.78 Å². The van der Waals surface area contributed by atoms with Gasteiger partial charge in [-0.2, -0.15) is 5.26 Å². The van der Waals surface area contributed by atoms with Gasteiger partial charge in [0.1, 0.15) is 0 Å². The summed E-state index contributed by atoms with van der Waals surface area (Å²) < 4.78 is 0. The van der Waals surface area contributed by atoms with E-state index in [4.69, 9.17) is 5.26 Å². The van der Waals surface area contributed by atoms with Crippen LogP contribution in [0.4, 0.5) is 0 Å². The highest BCUT2D eigenvalue weighted by Crippen LogP contribution is 2.40. The third kappa shape index (κ3) is 1.63. The minimum absolute atomic E-state index is 0.210. The lowest BCUT2D eigenvalue weighted by Crippen LogP contribution is -2.23. The molecule has 0 radical (unpaired) electrons. The maximum Gasteiger partial charge on any atom is 0.169 e. The van der Waals surface area contributed by atoms with Crippen LogP contribution in [0.5, 0.6) is 0 Å². The molecule has 0 bridgehead atoms. The second-order valence-corrected chi connectivity index (χ2v) is 4.89. The van der Waals surface area contributed by atoms with E-state index >= 15 is 0 Å². The Balaban J connectivity index is 2.34. The number of hydrogen-bond donors (Lipinski definition) is 0. The summed E-state index contributed by atoms with van der Waals surface area (Å²) in [6.07, 6.45) is 1.90. The maximum atomic E-state index is 12.3. The van der Waals surface area contributed by atoms with Gasteiger partial charge in [-0.05, 0) is 31.4 Å². The first-order chi connectivity index (χ1) is 7.57. The molecule has 0 saturated carbocycles. The predicted octanol–water partition coefficient (Wildman–Crippen LogP) is 3.04. The molecule has 1 aliphatic carbocycles. The first-order valence-corrected chi connectivity index (χ1v) is 5.58. The molecule has 2 heteroatoms. The molecule has 1 aliphatic rings. The Labute approximate surface area is 95.9 Å². The van der Waals surface area contributed by atoms with Gasteiger partial charge in [-0.3, -0.25) is 4.79 Å². The monoisotopic (exact) mass is 213 g/mol. The van der Waals surface area contributed by atoms with Crippen LogP contribution < -0.4 is 0 Å². The Morgan fingerprint density at radius 2 is 2.25 bits per heavy atom. The first-order valence-electron chi connectivity index (χ1n) is 5.58. The van der Waals surface area contributed by atoms with Gasteiger partial charge in [0.25, 0.3) is 0 Å². The van der Waals surface area contributed by atoms with E-state index in [9.17, 15) is 4.79 Å². The van der Waals surface area contributed by atoms with Gasteiger partial charge in [-0.1, -0.05) is 24.6 Å². The van der Waals surface area contributed by atoms with E-state index in [0.29, 0.717) is 12.8 Å². The number of rotatable bonds is 2. The van der Waals surface area contributed by atoms with Gasteiger partial charge in [-0.25, -0.2) is 0 Å². The van der Waals surface area contributed by atoms with Crippen LogP contribution in [0.2, 0.25) is 0 Å². The predicted molar refractivity (Wildman–Crippen MR) is 62.2 cm³/mol. The molecule has 16 heavy (non-hydrogen) atoms. The van der Waals surface area contributed by atoms with Crippen LogP contribution in [0.15, 0.2) is 18.2 Å². The van der Waals surface area contributed by atoms with E-state index < -0.39 is 0 Å². The second-order valence-electron chi connectivity index (χ2n) is 4.89. The lowest BCUT2D eigenvalue weighted by atomic mass is 9.82. The Kier molecular flexibility index (Phi) is 2.55. The normalized spacial score (nSPS) is 22.9. The molecule has 0 amide bonds. The van der Waals surface area contributed by atoms with Crippen LogP contribution in [0.3, 0.4) is 0 Å². The van der Waals surface area contributed by atoms with E-state index in [1.165, 1.54) is 0 Å². The van der Waals surface area contributed by atoms with Crippen LogP contribution in [0, 0.1) is 23.7 Å². The molecular formula is C14H15NO. The van der Waals surface area contributed by atoms with E-state index in [2.05, 4.69) is 6.07 Å². The SMILES string of the molecule is Cc1ccc2c(c1)C(=O)C(C)(CCC#N)C2. The average Bonchev–Trinajstić information content (AvgIpc) is 2.50.